The van der Waals surface area contributed by atoms with Crippen molar-refractivity contribution in [1.29, 1.82) is 5.26 Å². The number of nitriles is 1. The van der Waals surface area contributed by atoms with E-state index in [1.807, 2.05) is 6.07 Å². The number of rotatable bonds is 5. The summed E-state index contributed by atoms with van der Waals surface area (Å²) in [5.74, 6) is 0.434. The second-order valence-corrected chi connectivity index (χ2v) is 5.72. The molecular weight excluding hydrogens is 348 g/mol. The summed E-state index contributed by atoms with van der Waals surface area (Å²) < 4.78 is 15.8. The van der Waals surface area contributed by atoms with Crippen LogP contribution in [0.3, 0.4) is 0 Å². The molecule has 136 valence electrons. The van der Waals surface area contributed by atoms with Crippen molar-refractivity contribution in [2.75, 3.05) is 7.11 Å². The van der Waals surface area contributed by atoms with E-state index in [1.54, 1.807) is 43.3 Å². The molecule has 0 amide bonds. The van der Waals surface area contributed by atoms with Gasteiger partial charge in [-0.2, -0.15) is 5.26 Å². The minimum absolute atomic E-state index is 0.0163. The average molecular weight is 364 g/mol. The maximum absolute atomic E-state index is 12.1. The van der Waals surface area contributed by atoms with Gasteiger partial charge in [0.2, 0.25) is 5.76 Å². The van der Waals surface area contributed by atoms with Crippen LogP contribution in [0.25, 0.3) is 11.1 Å². The molecule has 1 N–H and O–H groups in total. The Balaban J connectivity index is 1.92. The minimum Gasteiger partial charge on any atom is -0.485 e. The van der Waals surface area contributed by atoms with E-state index < -0.39 is 11.5 Å². The number of aromatic amines is 1. The van der Waals surface area contributed by atoms with Crippen LogP contribution in [0.1, 0.15) is 27.6 Å². The molecule has 0 fully saturated rings. The molecule has 0 bridgehead atoms. The van der Waals surface area contributed by atoms with E-state index in [2.05, 4.69) is 9.72 Å². The highest BCUT2D eigenvalue weighted by atomic mass is 16.5. The fraction of sp³-hybridized carbons (Fsp3) is 0.150. The summed E-state index contributed by atoms with van der Waals surface area (Å²) >= 11 is 0. The van der Waals surface area contributed by atoms with Gasteiger partial charge in [-0.25, -0.2) is 4.79 Å². The van der Waals surface area contributed by atoms with Gasteiger partial charge in [-0.1, -0.05) is 18.2 Å². The molecule has 3 aromatic rings. The third-order valence-electron chi connectivity index (χ3n) is 3.88. The zero-order valence-electron chi connectivity index (χ0n) is 14.7. The van der Waals surface area contributed by atoms with E-state index in [-0.39, 0.29) is 17.9 Å². The smallest absolute Gasteiger partial charge is 0.373 e. The number of nitrogens with one attached hydrogen (secondary N) is 1. The predicted molar refractivity (Wildman–Crippen MR) is 96.3 cm³/mol. The Morgan fingerprint density at radius 2 is 2.00 bits per heavy atom. The van der Waals surface area contributed by atoms with Crippen LogP contribution in [-0.4, -0.2) is 18.1 Å². The molecule has 0 spiro atoms. The van der Waals surface area contributed by atoms with Gasteiger partial charge in [0.25, 0.3) is 5.56 Å². The molecule has 0 aliphatic carbocycles. The topological polar surface area (TPSA) is 105 Å². The summed E-state index contributed by atoms with van der Waals surface area (Å²) in [6.45, 7) is 1.81. The Kier molecular flexibility index (Phi) is 5.08. The lowest BCUT2D eigenvalue weighted by molar-refractivity contribution is 0.0561. The van der Waals surface area contributed by atoms with Gasteiger partial charge in [0.1, 0.15) is 29.7 Å². The van der Waals surface area contributed by atoms with E-state index in [0.29, 0.717) is 28.3 Å². The molecule has 3 rings (SSSR count). The lowest BCUT2D eigenvalue weighted by atomic mass is 10.00. The quantitative estimate of drug-likeness (QED) is 0.697. The third-order valence-corrected chi connectivity index (χ3v) is 3.88. The Labute approximate surface area is 154 Å². The van der Waals surface area contributed by atoms with Gasteiger partial charge in [-0.05, 0) is 31.2 Å². The number of para-hydroxylation sites is 1. The number of H-pyrrole nitrogens is 1. The summed E-state index contributed by atoms with van der Waals surface area (Å²) in [4.78, 5) is 26.1. The van der Waals surface area contributed by atoms with Gasteiger partial charge in [-0.3, -0.25) is 4.79 Å². The largest absolute Gasteiger partial charge is 0.485 e. The molecule has 7 heteroatoms. The number of hydrogen-bond donors (Lipinski definition) is 1. The maximum Gasteiger partial charge on any atom is 0.373 e. The normalized spacial score (nSPS) is 10.3. The summed E-state index contributed by atoms with van der Waals surface area (Å²) in [5, 5.41) is 9.36. The van der Waals surface area contributed by atoms with Crippen molar-refractivity contribution in [3.05, 3.63) is 75.6 Å². The van der Waals surface area contributed by atoms with Crippen LogP contribution in [0.15, 0.2) is 51.7 Å². The van der Waals surface area contributed by atoms with E-state index >= 15 is 0 Å². The number of furan rings is 1. The van der Waals surface area contributed by atoms with E-state index in [1.165, 1.54) is 13.2 Å². The molecule has 7 nitrogen and oxygen atoms in total. The van der Waals surface area contributed by atoms with Crippen LogP contribution in [0, 0.1) is 18.3 Å². The number of ether oxygens (including phenoxy) is 2. The van der Waals surface area contributed by atoms with Crippen molar-refractivity contribution in [2.24, 2.45) is 0 Å². The van der Waals surface area contributed by atoms with E-state index in [0.717, 1.165) is 0 Å². The lowest BCUT2D eigenvalue weighted by Gasteiger charge is -2.12. The van der Waals surface area contributed by atoms with E-state index in [4.69, 9.17) is 9.15 Å². The lowest BCUT2D eigenvalue weighted by Crippen LogP contribution is -2.13. The minimum atomic E-state index is -0.570. The van der Waals surface area contributed by atoms with Crippen LogP contribution in [0.2, 0.25) is 0 Å². The molecule has 0 atom stereocenters. The summed E-state index contributed by atoms with van der Waals surface area (Å²) in [7, 11) is 1.27. The Morgan fingerprint density at radius 1 is 1.22 bits per heavy atom. The highest BCUT2D eigenvalue weighted by molar-refractivity contribution is 5.86. The van der Waals surface area contributed by atoms with Crippen LogP contribution in [0.5, 0.6) is 5.75 Å². The highest BCUT2D eigenvalue weighted by Gasteiger charge is 2.15. The first kappa shape index (κ1) is 18.0. The predicted octanol–water partition coefficient (Wildman–Crippen LogP) is 3.18. The zero-order chi connectivity index (χ0) is 19.4. The van der Waals surface area contributed by atoms with Crippen molar-refractivity contribution < 1.29 is 18.7 Å². The molecule has 0 aliphatic heterocycles. The van der Waals surface area contributed by atoms with Gasteiger partial charge in [0.05, 0.1) is 7.11 Å². The number of benzene rings is 1. The number of pyridine rings is 1. The van der Waals surface area contributed by atoms with Crippen LogP contribution in [-0.2, 0) is 11.3 Å². The van der Waals surface area contributed by atoms with Crippen molar-refractivity contribution in [3.8, 4) is 22.9 Å². The van der Waals surface area contributed by atoms with Gasteiger partial charge in [-0.15, -0.1) is 0 Å². The zero-order valence-corrected chi connectivity index (χ0v) is 14.7. The second kappa shape index (κ2) is 7.62. The number of aryl methyl sites for hydroxylation is 1. The highest BCUT2D eigenvalue weighted by Crippen LogP contribution is 2.32. The Bertz CT molecular complexity index is 1090. The molecule has 0 saturated carbocycles. The van der Waals surface area contributed by atoms with Crippen LogP contribution >= 0.6 is 0 Å². The van der Waals surface area contributed by atoms with Gasteiger partial charge in [0, 0.05) is 16.8 Å². The second-order valence-electron chi connectivity index (χ2n) is 5.72. The Morgan fingerprint density at radius 3 is 2.74 bits per heavy atom. The molecule has 0 aliphatic rings. The van der Waals surface area contributed by atoms with Crippen LogP contribution < -0.4 is 10.3 Å². The van der Waals surface area contributed by atoms with Gasteiger partial charge < -0.3 is 18.9 Å². The third kappa shape index (κ3) is 3.75. The monoisotopic (exact) mass is 364 g/mol. The summed E-state index contributed by atoms with van der Waals surface area (Å²) in [6, 6.07) is 13.9. The Hall–Kier alpha value is -3.79. The average Bonchev–Trinajstić information content (AvgIpc) is 3.14. The molecule has 0 saturated heterocycles. The standard InChI is InChI=1S/C20H16N2O5/c1-12-9-15(16(10-21)19(23)22-12)14-5-3-4-6-17(14)26-11-13-7-8-18(27-13)20(24)25-2/h3-9H,11H2,1-2H3,(H,22,23). The van der Waals surface area contributed by atoms with Crippen molar-refractivity contribution in [3.63, 3.8) is 0 Å². The summed E-state index contributed by atoms with van der Waals surface area (Å²) in [6.07, 6.45) is 0. The SMILES string of the molecule is COC(=O)c1ccc(COc2ccccc2-c2cc(C)[nH]c(=O)c2C#N)o1. The first-order valence-electron chi connectivity index (χ1n) is 8.06. The number of esters is 1. The summed E-state index contributed by atoms with van der Waals surface area (Å²) in [5.41, 5.74) is 1.31. The molecule has 2 aromatic heterocycles. The number of methoxy groups -OCH3 is 1. The fourth-order valence-electron chi connectivity index (χ4n) is 2.64. The first-order valence-corrected chi connectivity index (χ1v) is 8.06. The van der Waals surface area contributed by atoms with Crippen LogP contribution in [0.4, 0.5) is 0 Å². The molecule has 27 heavy (non-hydrogen) atoms. The first-order chi connectivity index (χ1) is 13.0. The van der Waals surface area contributed by atoms with Gasteiger partial charge >= 0.3 is 5.97 Å². The molecule has 1 aromatic carbocycles. The van der Waals surface area contributed by atoms with E-state index in [9.17, 15) is 14.9 Å². The van der Waals surface area contributed by atoms with Crippen molar-refractivity contribution in [2.45, 2.75) is 13.5 Å². The van der Waals surface area contributed by atoms with Crippen molar-refractivity contribution in [1.82, 2.24) is 4.98 Å². The molecule has 0 unspecified atom stereocenters. The number of aromatic nitrogens is 1. The molecule has 0 radical (unpaired) electrons. The fourth-order valence-corrected chi connectivity index (χ4v) is 2.64. The number of nitrogens with zero attached hydrogens (tertiary/aromatic N) is 1. The molecular formula is C20H16N2O5. The number of carbonyl (C=O) groups excluding carboxylic acids is 1. The number of carbonyl (C=O) groups is 1. The van der Waals surface area contributed by atoms with Gasteiger partial charge in [0.15, 0.2) is 0 Å². The molecule has 2 heterocycles. The maximum atomic E-state index is 12.1. The van der Waals surface area contributed by atoms with Crippen molar-refractivity contribution >= 4 is 5.97 Å². The number of hydrogen-bond acceptors (Lipinski definition) is 6.